The zero-order chi connectivity index (χ0) is 21.1. The lowest BCUT2D eigenvalue weighted by molar-refractivity contribution is -0.384. The number of non-ortho nitro benzene ring substituents is 1. The Morgan fingerprint density at radius 3 is 2.36 bits per heavy atom. The molecule has 11 heteroatoms. The molecule has 0 heterocycles. The highest BCUT2D eigenvalue weighted by Crippen LogP contribution is 2.30. The summed E-state index contributed by atoms with van der Waals surface area (Å²) in [6, 6.07) is 8.51. The second kappa shape index (κ2) is 8.44. The maximum absolute atomic E-state index is 12.7. The van der Waals surface area contributed by atoms with Crippen LogP contribution in [0.25, 0.3) is 0 Å². The van der Waals surface area contributed by atoms with E-state index >= 15 is 0 Å². The standard InChI is InChI=1S/C17H18ClN3O6S/c1-11(20(28(3,25)26)13-6-4-12(18)5-7-13)17(22)19-15-10-14(21(23)24)8-9-16(15)27-2/h4-11H,1-3H3,(H,19,22)/t11-/m1/s1. The molecule has 28 heavy (non-hydrogen) atoms. The largest absolute Gasteiger partial charge is 0.495 e. The number of benzene rings is 2. The van der Waals surface area contributed by atoms with E-state index in [4.69, 9.17) is 16.3 Å². The van der Waals surface area contributed by atoms with Crippen LogP contribution in [0.3, 0.4) is 0 Å². The van der Waals surface area contributed by atoms with E-state index in [2.05, 4.69) is 5.32 Å². The monoisotopic (exact) mass is 427 g/mol. The van der Waals surface area contributed by atoms with Crippen LogP contribution in [-0.2, 0) is 14.8 Å². The van der Waals surface area contributed by atoms with Crippen molar-refractivity contribution >= 4 is 44.6 Å². The van der Waals surface area contributed by atoms with Gasteiger partial charge in [0.15, 0.2) is 0 Å². The van der Waals surface area contributed by atoms with Gasteiger partial charge in [0, 0.05) is 17.2 Å². The second-order valence-electron chi connectivity index (χ2n) is 5.84. The number of nitro groups is 1. The first kappa shape index (κ1) is 21.5. The number of hydrogen-bond acceptors (Lipinski definition) is 6. The lowest BCUT2D eigenvalue weighted by Gasteiger charge is -2.28. The van der Waals surface area contributed by atoms with E-state index < -0.39 is 26.9 Å². The highest BCUT2D eigenvalue weighted by molar-refractivity contribution is 7.92. The van der Waals surface area contributed by atoms with Crippen molar-refractivity contribution in [3.8, 4) is 5.75 Å². The Morgan fingerprint density at radius 2 is 1.86 bits per heavy atom. The van der Waals surface area contributed by atoms with Crippen LogP contribution in [0.4, 0.5) is 17.1 Å². The molecule has 2 rings (SSSR count). The summed E-state index contributed by atoms with van der Waals surface area (Å²) >= 11 is 5.84. The molecule has 0 aliphatic carbocycles. The average Bonchev–Trinajstić information content (AvgIpc) is 2.62. The summed E-state index contributed by atoms with van der Waals surface area (Å²) in [6.07, 6.45) is 0.972. The second-order valence-corrected chi connectivity index (χ2v) is 8.14. The maximum Gasteiger partial charge on any atom is 0.271 e. The SMILES string of the molecule is COc1ccc([N+](=O)[O-])cc1NC(=O)[C@@H](C)N(c1ccc(Cl)cc1)S(C)(=O)=O. The van der Waals surface area contributed by atoms with E-state index in [1.54, 1.807) is 0 Å². The molecule has 1 N–H and O–H groups in total. The molecule has 2 aromatic carbocycles. The van der Waals surface area contributed by atoms with Gasteiger partial charge in [-0.2, -0.15) is 0 Å². The third kappa shape index (κ3) is 4.90. The molecule has 0 saturated heterocycles. The number of amides is 1. The van der Waals surface area contributed by atoms with Gasteiger partial charge in [0.2, 0.25) is 15.9 Å². The van der Waals surface area contributed by atoms with Gasteiger partial charge in [-0.3, -0.25) is 19.2 Å². The Labute approximate surface area is 167 Å². The van der Waals surface area contributed by atoms with Crippen LogP contribution >= 0.6 is 11.6 Å². The van der Waals surface area contributed by atoms with Crippen LogP contribution in [0.5, 0.6) is 5.75 Å². The minimum Gasteiger partial charge on any atom is -0.495 e. The number of nitrogens with one attached hydrogen (secondary N) is 1. The number of nitrogens with zero attached hydrogens (tertiary/aromatic N) is 2. The van der Waals surface area contributed by atoms with Crippen molar-refractivity contribution < 1.29 is 22.9 Å². The minimum atomic E-state index is -3.81. The van der Waals surface area contributed by atoms with Gasteiger partial charge in [0.1, 0.15) is 11.8 Å². The molecule has 9 nitrogen and oxygen atoms in total. The van der Waals surface area contributed by atoms with Crippen molar-refractivity contribution in [2.24, 2.45) is 0 Å². The van der Waals surface area contributed by atoms with Gasteiger partial charge < -0.3 is 10.1 Å². The van der Waals surface area contributed by atoms with Gasteiger partial charge in [-0.1, -0.05) is 11.6 Å². The Kier molecular flexibility index (Phi) is 6.47. The third-order valence-electron chi connectivity index (χ3n) is 3.82. The highest BCUT2D eigenvalue weighted by atomic mass is 35.5. The Bertz CT molecular complexity index is 994. The maximum atomic E-state index is 12.7. The summed E-state index contributed by atoms with van der Waals surface area (Å²) in [5, 5.41) is 13.9. The number of carbonyl (C=O) groups excluding carboxylic acids is 1. The van der Waals surface area contributed by atoms with Crippen LogP contribution in [0.1, 0.15) is 6.92 Å². The van der Waals surface area contributed by atoms with Crippen LogP contribution in [0.15, 0.2) is 42.5 Å². The zero-order valence-electron chi connectivity index (χ0n) is 15.2. The molecule has 0 aromatic heterocycles. The van der Waals surface area contributed by atoms with Crippen LogP contribution in [0, 0.1) is 10.1 Å². The summed E-state index contributed by atoms with van der Waals surface area (Å²) < 4.78 is 30.6. The zero-order valence-corrected chi connectivity index (χ0v) is 16.8. The highest BCUT2D eigenvalue weighted by Gasteiger charge is 2.30. The summed E-state index contributed by atoms with van der Waals surface area (Å²) in [4.78, 5) is 23.1. The molecule has 0 unspecified atom stereocenters. The molecular formula is C17H18ClN3O6S. The summed E-state index contributed by atoms with van der Waals surface area (Å²) in [6.45, 7) is 1.40. The quantitative estimate of drug-likeness (QED) is 0.535. The van der Waals surface area contributed by atoms with Gasteiger partial charge in [0.05, 0.1) is 29.7 Å². The Morgan fingerprint density at radius 1 is 1.25 bits per heavy atom. The summed E-state index contributed by atoms with van der Waals surface area (Å²) in [5.41, 5.74) is 0.0556. The van der Waals surface area contributed by atoms with Crippen molar-refractivity contribution in [1.29, 1.82) is 0 Å². The molecule has 0 radical (unpaired) electrons. The van der Waals surface area contributed by atoms with Gasteiger partial charge in [-0.15, -0.1) is 0 Å². The summed E-state index contributed by atoms with van der Waals surface area (Å²) in [5.74, 6) is -0.497. The van der Waals surface area contributed by atoms with Crippen molar-refractivity contribution in [1.82, 2.24) is 0 Å². The molecule has 1 amide bonds. The molecule has 0 spiro atoms. The van der Waals surface area contributed by atoms with Gasteiger partial charge in [-0.05, 0) is 37.3 Å². The first-order valence-electron chi connectivity index (χ1n) is 7.93. The number of anilines is 2. The van der Waals surface area contributed by atoms with Crippen molar-refractivity contribution in [2.45, 2.75) is 13.0 Å². The number of ether oxygens (including phenoxy) is 1. The number of halogens is 1. The average molecular weight is 428 g/mol. The fourth-order valence-corrected chi connectivity index (χ4v) is 3.84. The minimum absolute atomic E-state index is 0.0538. The van der Waals surface area contributed by atoms with E-state index in [1.807, 2.05) is 0 Å². The molecule has 150 valence electrons. The van der Waals surface area contributed by atoms with Crippen LogP contribution < -0.4 is 14.4 Å². The molecule has 0 saturated carbocycles. The number of rotatable bonds is 7. The Hall–Kier alpha value is -2.85. The van der Waals surface area contributed by atoms with Gasteiger partial charge in [0.25, 0.3) is 5.69 Å². The van der Waals surface area contributed by atoms with E-state index in [1.165, 1.54) is 50.4 Å². The van der Waals surface area contributed by atoms with E-state index in [9.17, 15) is 23.3 Å². The molecule has 0 aliphatic heterocycles. The van der Waals surface area contributed by atoms with Crippen LogP contribution in [0.2, 0.25) is 5.02 Å². The Balaban J connectivity index is 2.37. The first-order chi connectivity index (χ1) is 13.0. The fourth-order valence-electron chi connectivity index (χ4n) is 2.54. The first-order valence-corrected chi connectivity index (χ1v) is 10.2. The predicted octanol–water partition coefficient (Wildman–Crippen LogP) is 3.05. The molecule has 0 fully saturated rings. The summed E-state index contributed by atoms with van der Waals surface area (Å²) in [7, 11) is -2.47. The number of hydrogen-bond donors (Lipinski definition) is 1. The number of methoxy groups -OCH3 is 1. The molecule has 2 aromatic rings. The van der Waals surface area contributed by atoms with E-state index in [0.717, 1.165) is 16.6 Å². The topological polar surface area (TPSA) is 119 Å². The number of carbonyl (C=O) groups is 1. The molecule has 1 atom stereocenters. The normalized spacial score (nSPS) is 12.1. The van der Waals surface area contributed by atoms with Crippen LogP contribution in [-0.4, -0.2) is 38.7 Å². The van der Waals surface area contributed by atoms with Crippen molar-refractivity contribution in [3.05, 3.63) is 57.6 Å². The molecular weight excluding hydrogens is 410 g/mol. The molecule has 0 bridgehead atoms. The lowest BCUT2D eigenvalue weighted by Crippen LogP contribution is -2.45. The van der Waals surface area contributed by atoms with Crippen molar-refractivity contribution in [2.75, 3.05) is 23.0 Å². The number of sulfonamides is 1. The van der Waals surface area contributed by atoms with E-state index in [0.29, 0.717) is 5.02 Å². The fraction of sp³-hybridized carbons (Fsp3) is 0.235. The molecule has 0 aliphatic rings. The predicted molar refractivity (Wildman–Crippen MR) is 107 cm³/mol. The lowest BCUT2D eigenvalue weighted by atomic mass is 10.2. The van der Waals surface area contributed by atoms with E-state index in [-0.39, 0.29) is 22.8 Å². The van der Waals surface area contributed by atoms with Crippen molar-refractivity contribution in [3.63, 3.8) is 0 Å². The van der Waals surface area contributed by atoms with Gasteiger partial charge >= 0.3 is 0 Å². The smallest absolute Gasteiger partial charge is 0.271 e. The van der Waals surface area contributed by atoms with Gasteiger partial charge in [-0.25, -0.2) is 8.42 Å². The number of nitro benzene ring substituents is 1. The third-order valence-corrected chi connectivity index (χ3v) is 5.31.